The van der Waals surface area contributed by atoms with E-state index in [4.69, 9.17) is 37.4 Å². The molecule has 0 N–H and O–H groups in total. The fourth-order valence-corrected chi connectivity index (χ4v) is 3.62. The number of esters is 1. The van der Waals surface area contributed by atoms with Crippen molar-refractivity contribution in [2.24, 2.45) is 4.99 Å². The summed E-state index contributed by atoms with van der Waals surface area (Å²) in [5.41, 5.74) is 1.47. The largest absolute Gasteiger partial charge is 0.490 e. The van der Waals surface area contributed by atoms with Crippen molar-refractivity contribution >= 4 is 63.7 Å². The van der Waals surface area contributed by atoms with Crippen LogP contribution in [0.2, 0.25) is 10.0 Å². The number of cyclic esters (lactones) is 1. The van der Waals surface area contributed by atoms with Crippen molar-refractivity contribution in [3.8, 4) is 11.5 Å². The fraction of sp³-hybridized carbons (Fsp3) is 0.143. The average molecular weight is 544 g/mol. The normalized spacial score (nSPS) is 14.6. The van der Waals surface area contributed by atoms with Crippen LogP contribution < -0.4 is 9.47 Å². The lowest BCUT2D eigenvalue weighted by Crippen LogP contribution is -2.05. The molecule has 0 atom stereocenters. The highest BCUT2D eigenvalue weighted by molar-refractivity contribution is 14.1. The first kappa shape index (κ1) is 21.7. The van der Waals surface area contributed by atoms with E-state index in [1.54, 1.807) is 36.4 Å². The Morgan fingerprint density at radius 2 is 2.00 bits per heavy atom. The molecule has 150 valence electrons. The van der Waals surface area contributed by atoms with Gasteiger partial charge in [0.05, 0.1) is 20.2 Å². The van der Waals surface area contributed by atoms with E-state index >= 15 is 0 Å². The number of halogens is 3. The van der Waals surface area contributed by atoms with Gasteiger partial charge in [0.2, 0.25) is 5.90 Å². The van der Waals surface area contributed by atoms with Gasteiger partial charge in [0.1, 0.15) is 6.61 Å². The SMILES string of the molecule is C=CCOc1c(I)cc(/C=C2\N=C(c3ccc(Cl)c(Cl)c3)OC2=O)cc1OCC. The Balaban J connectivity index is 1.96. The zero-order valence-electron chi connectivity index (χ0n) is 15.4. The van der Waals surface area contributed by atoms with Crippen LogP contribution in [0.5, 0.6) is 11.5 Å². The van der Waals surface area contributed by atoms with Crippen LogP contribution in [-0.4, -0.2) is 25.1 Å². The maximum absolute atomic E-state index is 12.3. The Morgan fingerprint density at radius 1 is 1.21 bits per heavy atom. The highest BCUT2D eigenvalue weighted by Gasteiger charge is 2.25. The minimum atomic E-state index is -0.550. The third-order valence-corrected chi connectivity index (χ3v) is 5.31. The molecular formula is C21H16Cl2INO4. The molecular weight excluding hydrogens is 528 g/mol. The highest BCUT2D eigenvalue weighted by atomic mass is 127. The van der Waals surface area contributed by atoms with Crippen molar-refractivity contribution in [2.45, 2.75) is 6.92 Å². The van der Waals surface area contributed by atoms with Gasteiger partial charge in [0.15, 0.2) is 17.2 Å². The monoisotopic (exact) mass is 543 g/mol. The number of carbonyl (C=O) groups is 1. The summed E-state index contributed by atoms with van der Waals surface area (Å²) in [5.74, 6) is 0.827. The van der Waals surface area contributed by atoms with Gasteiger partial charge in [0.25, 0.3) is 0 Å². The predicted molar refractivity (Wildman–Crippen MR) is 123 cm³/mol. The smallest absolute Gasteiger partial charge is 0.363 e. The van der Waals surface area contributed by atoms with Crippen molar-refractivity contribution in [1.82, 2.24) is 0 Å². The zero-order chi connectivity index (χ0) is 21.0. The van der Waals surface area contributed by atoms with Crippen LogP contribution >= 0.6 is 45.8 Å². The van der Waals surface area contributed by atoms with Gasteiger partial charge < -0.3 is 14.2 Å². The van der Waals surface area contributed by atoms with Crippen molar-refractivity contribution in [2.75, 3.05) is 13.2 Å². The second-order valence-electron chi connectivity index (χ2n) is 5.83. The van der Waals surface area contributed by atoms with Crippen molar-refractivity contribution < 1.29 is 19.0 Å². The summed E-state index contributed by atoms with van der Waals surface area (Å²) in [5, 5.41) is 0.763. The number of nitrogens with zero attached hydrogens (tertiary/aromatic N) is 1. The summed E-state index contributed by atoms with van der Waals surface area (Å²) < 4.78 is 17.5. The second-order valence-corrected chi connectivity index (χ2v) is 7.80. The third-order valence-electron chi connectivity index (χ3n) is 3.77. The molecule has 0 radical (unpaired) electrons. The van der Waals surface area contributed by atoms with Gasteiger partial charge in [-0.3, -0.25) is 0 Å². The van der Waals surface area contributed by atoms with Crippen LogP contribution in [0.1, 0.15) is 18.1 Å². The van der Waals surface area contributed by atoms with E-state index in [1.807, 2.05) is 13.0 Å². The van der Waals surface area contributed by atoms with Crippen molar-refractivity contribution in [3.63, 3.8) is 0 Å². The maximum atomic E-state index is 12.3. The van der Waals surface area contributed by atoms with Gasteiger partial charge in [-0.05, 0) is 71.5 Å². The van der Waals surface area contributed by atoms with Crippen LogP contribution in [0.15, 0.2) is 53.7 Å². The number of ether oxygens (including phenoxy) is 3. The van der Waals surface area contributed by atoms with Crippen LogP contribution in [0.3, 0.4) is 0 Å². The van der Waals surface area contributed by atoms with E-state index in [-0.39, 0.29) is 11.6 Å². The number of aliphatic imine (C=N–C) groups is 1. The second kappa shape index (κ2) is 9.65. The van der Waals surface area contributed by atoms with E-state index in [9.17, 15) is 4.79 Å². The molecule has 2 aromatic rings. The molecule has 29 heavy (non-hydrogen) atoms. The Bertz CT molecular complexity index is 1030. The van der Waals surface area contributed by atoms with Crippen molar-refractivity contribution in [1.29, 1.82) is 0 Å². The van der Waals surface area contributed by atoms with Crippen LogP contribution in [0, 0.1) is 3.57 Å². The molecule has 0 aliphatic carbocycles. The molecule has 0 saturated heterocycles. The highest BCUT2D eigenvalue weighted by Crippen LogP contribution is 2.35. The van der Waals surface area contributed by atoms with E-state index < -0.39 is 5.97 Å². The summed E-state index contributed by atoms with van der Waals surface area (Å²) in [6.45, 7) is 6.38. The molecule has 3 rings (SSSR count). The van der Waals surface area contributed by atoms with Gasteiger partial charge in [0, 0.05) is 5.56 Å². The Hall–Kier alpha value is -2.03. The third kappa shape index (κ3) is 5.12. The minimum absolute atomic E-state index is 0.170. The van der Waals surface area contributed by atoms with E-state index in [1.165, 1.54) is 0 Å². The van der Waals surface area contributed by atoms with E-state index in [0.29, 0.717) is 40.3 Å². The van der Waals surface area contributed by atoms with Crippen molar-refractivity contribution in [3.05, 3.63) is 73.4 Å². The summed E-state index contributed by atoms with van der Waals surface area (Å²) in [6.07, 6.45) is 3.30. The number of rotatable bonds is 7. The molecule has 0 spiro atoms. The van der Waals surface area contributed by atoms with Gasteiger partial charge in [-0.25, -0.2) is 9.79 Å². The number of hydrogen-bond donors (Lipinski definition) is 0. The lowest BCUT2D eigenvalue weighted by atomic mass is 10.1. The van der Waals surface area contributed by atoms with Gasteiger partial charge >= 0.3 is 5.97 Å². The zero-order valence-corrected chi connectivity index (χ0v) is 19.0. The van der Waals surface area contributed by atoms with Crippen LogP contribution in [-0.2, 0) is 9.53 Å². The van der Waals surface area contributed by atoms with Crippen LogP contribution in [0.4, 0.5) is 0 Å². The predicted octanol–water partition coefficient (Wildman–Crippen LogP) is 5.91. The molecule has 2 aromatic carbocycles. The molecule has 0 amide bonds. The number of benzene rings is 2. The molecule has 0 aromatic heterocycles. The lowest BCUT2D eigenvalue weighted by molar-refractivity contribution is -0.129. The molecule has 1 heterocycles. The van der Waals surface area contributed by atoms with Crippen LogP contribution in [0.25, 0.3) is 6.08 Å². The molecule has 5 nitrogen and oxygen atoms in total. The lowest BCUT2D eigenvalue weighted by Gasteiger charge is -2.13. The molecule has 0 fully saturated rings. The van der Waals surface area contributed by atoms with Gasteiger partial charge in [-0.1, -0.05) is 35.9 Å². The van der Waals surface area contributed by atoms with E-state index in [2.05, 4.69) is 34.2 Å². The summed E-state index contributed by atoms with van der Waals surface area (Å²) >= 11 is 14.1. The topological polar surface area (TPSA) is 57.1 Å². The molecule has 0 saturated carbocycles. The Labute approximate surface area is 192 Å². The summed E-state index contributed by atoms with van der Waals surface area (Å²) in [6, 6.07) is 8.56. The first-order valence-corrected chi connectivity index (χ1v) is 10.4. The van der Waals surface area contributed by atoms with Gasteiger partial charge in [-0.2, -0.15) is 0 Å². The number of carbonyl (C=O) groups excluding carboxylic acids is 1. The summed E-state index contributed by atoms with van der Waals surface area (Å²) in [7, 11) is 0. The molecule has 8 heteroatoms. The Kier molecular flexibility index (Phi) is 7.21. The quantitative estimate of drug-likeness (QED) is 0.189. The first-order chi connectivity index (χ1) is 13.9. The minimum Gasteiger partial charge on any atom is -0.490 e. The fourth-order valence-electron chi connectivity index (χ4n) is 2.54. The molecule has 0 unspecified atom stereocenters. The molecule has 1 aliphatic heterocycles. The maximum Gasteiger partial charge on any atom is 0.363 e. The molecule has 1 aliphatic rings. The average Bonchev–Trinajstić information content (AvgIpc) is 3.04. The Morgan fingerprint density at radius 3 is 2.69 bits per heavy atom. The van der Waals surface area contributed by atoms with E-state index in [0.717, 1.165) is 9.13 Å². The standard InChI is InChI=1S/C21H16Cl2INO4/c1-3-7-28-19-16(24)8-12(10-18(19)27-4-2)9-17-21(26)29-20(25-17)13-5-6-14(22)15(23)11-13/h3,5-6,8-11H,1,4,7H2,2H3/b17-9-. The van der Waals surface area contributed by atoms with Gasteiger partial charge in [-0.15, -0.1) is 0 Å². The number of hydrogen-bond acceptors (Lipinski definition) is 5. The first-order valence-electron chi connectivity index (χ1n) is 8.61. The summed E-state index contributed by atoms with van der Waals surface area (Å²) in [4.78, 5) is 16.6. The molecule has 0 bridgehead atoms.